The van der Waals surface area contributed by atoms with Gasteiger partial charge in [0.05, 0.1) is 25.1 Å². The van der Waals surface area contributed by atoms with Gasteiger partial charge in [-0.1, -0.05) is 6.42 Å². The van der Waals surface area contributed by atoms with E-state index < -0.39 is 15.8 Å². The van der Waals surface area contributed by atoms with Crippen LogP contribution in [0, 0.1) is 12.7 Å². The van der Waals surface area contributed by atoms with Crippen molar-refractivity contribution in [3.8, 4) is 0 Å². The number of fused-ring (bicyclic) bond motifs is 2. The van der Waals surface area contributed by atoms with Crippen LogP contribution in [-0.2, 0) is 30.8 Å². The average molecular weight is 622 g/mol. The number of aryl methyl sites for hydroxylation is 1. The number of anilines is 3. The van der Waals surface area contributed by atoms with Crippen molar-refractivity contribution in [1.82, 2.24) is 24.1 Å². The first-order valence-electron chi connectivity index (χ1n) is 15.7. The Kier molecular flexibility index (Phi) is 9.20. The molecule has 2 aromatic rings. The lowest BCUT2D eigenvalue weighted by Gasteiger charge is -2.49. The second-order valence-corrected chi connectivity index (χ2v) is 14.4. The third-order valence-corrected chi connectivity index (χ3v) is 11.2. The molecule has 0 aromatic carbocycles. The van der Waals surface area contributed by atoms with Gasteiger partial charge in [-0.25, -0.2) is 22.5 Å². The maximum Gasteiger partial charge on any atom is 0.227 e. The van der Waals surface area contributed by atoms with Gasteiger partial charge in [0.25, 0.3) is 0 Å². The van der Waals surface area contributed by atoms with E-state index in [0.717, 1.165) is 50.6 Å². The third kappa shape index (κ3) is 6.53. The number of halogens is 1. The molecule has 6 rings (SSSR count). The molecular formula is C29H44FN7O5S. The van der Waals surface area contributed by atoms with Gasteiger partial charge >= 0.3 is 0 Å². The molecule has 43 heavy (non-hydrogen) atoms. The average Bonchev–Trinajstić information content (AvgIpc) is 3.66. The molecule has 12 nitrogen and oxygen atoms in total. The molecular weight excluding hydrogens is 577 g/mol. The standard InChI is InChI=1S/C29H44FN7O5S/c1-4-43(38,39)37-20-8-7-9-21(37)16-22(15-20)35(3)29-31-24(18-42-23-11-13-40-17-23)27(30)28(33-29)32-25-14-19(2)36(34-25)26-10-5-6-12-41-26/h14,20-23,26H,4-13,15-18H2,1-3H3,(H,31,32,33,34)/t20-,21+,22?,23-,26?/m0/s1. The van der Waals surface area contributed by atoms with Crippen LogP contribution in [0.25, 0.3) is 0 Å². The quantitative estimate of drug-likeness (QED) is 0.416. The zero-order chi connectivity index (χ0) is 30.1. The largest absolute Gasteiger partial charge is 0.379 e. The van der Waals surface area contributed by atoms with Crippen molar-refractivity contribution >= 4 is 27.6 Å². The summed E-state index contributed by atoms with van der Waals surface area (Å²) in [6.07, 6.45) is 7.55. The zero-order valence-corrected chi connectivity index (χ0v) is 26.2. The smallest absolute Gasteiger partial charge is 0.227 e. The first kappa shape index (κ1) is 30.6. The summed E-state index contributed by atoms with van der Waals surface area (Å²) >= 11 is 0. The van der Waals surface area contributed by atoms with Gasteiger partial charge in [0, 0.05) is 50.1 Å². The number of hydrogen-bond acceptors (Lipinski definition) is 10. The van der Waals surface area contributed by atoms with E-state index in [1.165, 1.54) is 0 Å². The molecule has 238 valence electrons. The summed E-state index contributed by atoms with van der Waals surface area (Å²) < 4.78 is 62.7. The molecule has 2 bridgehead atoms. The number of piperidine rings is 2. The van der Waals surface area contributed by atoms with Crippen molar-refractivity contribution in [2.45, 2.75) is 109 Å². The normalized spacial score (nSPS) is 28.2. The minimum Gasteiger partial charge on any atom is -0.379 e. The van der Waals surface area contributed by atoms with Gasteiger partial charge in [-0.05, 0) is 65.2 Å². The molecule has 4 aliphatic rings. The Morgan fingerprint density at radius 3 is 2.58 bits per heavy atom. The van der Waals surface area contributed by atoms with Gasteiger partial charge in [0.1, 0.15) is 5.69 Å². The molecule has 4 aliphatic heterocycles. The molecule has 5 atom stereocenters. The molecule has 1 N–H and O–H groups in total. The van der Waals surface area contributed by atoms with Gasteiger partial charge in [-0.2, -0.15) is 14.4 Å². The Bertz CT molecular complexity index is 1370. The summed E-state index contributed by atoms with van der Waals surface area (Å²) in [4.78, 5) is 11.3. The van der Waals surface area contributed by atoms with Gasteiger partial charge in [-0.3, -0.25) is 0 Å². The summed E-state index contributed by atoms with van der Waals surface area (Å²) in [6, 6.07) is 1.77. The topological polar surface area (TPSA) is 124 Å². The summed E-state index contributed by atoms with van der Waals surface area (Å²) in [7, 11) is -1.38. The molecule has 2 unspecified atom stereocenters. The van der Waals surface area contributed by atoms with Crippen molar-refractivity contribution < 1.29 is 27.0 Å². The van der Waals surface area contributed by atoms with E-state index in [1.54, 1.807) is 11.2 Å². The van der Waals surface area contributed by atoms with Crippen LogP contribution >= 0.6 is 0 Å². The van der Waals surface area contributed by atoms with Crippen molar-refractivity contribution in [1.29, 1.82) is 0 Å². The van der Waals surface area contributed by atoms with E-state index in [1.807, 2.05) is 29.6 Å². The molecule has 14 heteroatoms. The van der Waals surface area contributed by atoms with E-state index in [0.29, 0.717) is 44.4 Å². The summed E-state index contributed by atoms with van der Waals surface area (Å²) in [6.45, 7) is 5.45. The number of rotatable bonds is 10. The van der Waals surface area contributed by atoms with Crippen molar-refractivity contribution in [3.05, 3.63) is 23.3 Å². The Balaban J connectivity index is 1.27. The molecule has 4 fully saturated rings. The number of hydrogen-bond donors (Lipinski definition) is 1. The van der Waals surface area contributed by atoms with E-state index in [-0.39, 0.29) is 54.3 Å². The van der Waals surface area contributed by atoms with Crippen LogP contribution in [0.5, 0.6) is 0 Å². The fourth-order valence-electron chi connectivity index (χ4n) is 6.93. The number of sulfonamides is 1. The second kappa shape index (κ2) is 12.9. The molecule has 2 aromatic heterocycles. The van der Waals surface area contributed by atoms with Gasteiger partial charge in [0.15, 0.2) is 23.7 Å². The SMILES string of the molecule is CCS(=O)(=O)N1[C@@H]2CCC[C@H]1CC(N(C)c1nc(CO[C@H]3CCOC3)c(F)c(Nc3cc(C)n(C4CCCCO4)n3)n1)C2. The monoisotopic (exact) mass is 621 g/mol. The molecule has 0 amide bonds. The van der Waals surface area contributed by atoms with Crippen LogP contribution in [0.3, 0.4) is 0 Å². The van der Waals surface area contributed by atoms with E-state index >= 15 is 4.39 Å². The highest BCUT2D eigenvalue weighted by Gasteiger charge is 2.45. The highest BCUT2D eigenvalue weighted by molar-refractivity contribution is 7.89. The maximum absolute atomic E-state index is 15.9. The van der Waals surface area contributed by atoms with Gasteiger partial charge in [0.2, 0.25) is 16.0 Å². The number of aromatic nitrogens is 4. The van der Waals surface area contributed by atoms with E-state index in [4.69, 9.17) is 14.2 Å². The Hall–Kier alpha value is -2.39. The van der Waals surface area contributed by atoms with Crippen LogP contribution in [0.1, 0.15) is 82.3 Å². The lowest BCUT2D eigenvalue weighted by molar-refractivity contribution is -0.0404. The number of ether oxygens (including phenoxy) is 3. The summed E-state index contributed by atoms with van der Waals surface area (Å²) in [5.41, 5.74) is 1.07. The van der Waals surface area contributed by atoms with Crippen LogP contribution in [0.15, 0.2) is 6.07 Å². The predicted octanol–water partition coefficient (Wildman–Crippen LogP) is 4.04. The van der Waals surface area contributed by atoms with Crippen molar-refractivity contribution in [2.75, 3.05) is 42.8 Å². The zero-order valence-electron chi connectivity index (χ0n) is 25.4. The molecule has 6 heterocycles. The fraction of sp³-hybridized carbons (Fsp3) is 0.759. The van der Waals surface area contributed by atoms with Crippen LogP contribution in [0.4, 0.5) is 22.0 Å². The van der Waals surface area contributed by atoms with Gasteiger partial charge < -0.3 is 24.4 Å². The molecule has 0 saturated carbocycles. The van der Waals surface area contributed by atoms with Crippen LogP contribution < -0.4 is 10.2 Å². The predicted molar refractivity (Wildman–Crippen MR) is 159 cm³/mol. The van der Waals surface area contributed by atoms with Crippen LogP contribution in [-0.4, -0.2) is 89.3 Å². The Morgan fingerprint density at radius 2 is 1.91 bits per heavy atom. The highest BCUT2D eigenvalue weighted by atomic mass is 32.2. The summed E-state index contributed by atoms with van der Waals surface area (Å²) in [5, 5.41) is 7.79. The minimum absolute atomic E-state index is 0.0128. The van der Waals surface area contributed by atoms with E-state index in [2.05, 4.69) is 20.4 Å². The highest BCUT2D eigenvalue weighted by Crippen LogP contribution is 2.39. The minimum atomic E-state index is -3.29. The Morgan fingerprint density at radius 1 is 1.12 bits per heavy atom. The maximum atomic E-state index is 15.9. The number of nitrogens with one attached hydrogen (secondary N) is 1. The molecule has 0 spiro atoms. The molecule has 0 aliphatic carbocycles. The lowest BCUT2D eigenvalue weighted by atomic mass is 9.83. The van der Waals surface area contributed by atoms with Crippen molar-refractivity contribution in [3.63, 3.8) is 0 Å². The second-order valence-electron chi connectivity index (χ2n) is 12.2. The first-order valence-corrected chi connectivity index (χ1v) is 17.3. The molecule has 4 saturated heterocycles. The lowest BCUT2D eigenvalue weighted by Crippen LogP contribution is -2.58. The van der Waals surface area contributed by atoms with Crippen LogP contribution in [0.2, 0.25) is 0 Å². The first-order chi connectivity index (χ1) is 20.7. The van der Waals surface area contributed by atoms with E-state index in [9.17, 15) is 8.42 Å². The fourth-order valence-corrected chi connectivity index (χ4v) is 8.52. The summed E-state index contributed by atoms with van der Waals surface area (Å²) in [5.74, 6) is 0.387. The molecule has 0 radical (unpaired) electrons. The third-order valence-electron chi connectivity index (χ3n) is 9.28. The van der Waals surface area contributed by atoms with Gasteiger partial charge in [-0.15, -0.1) is 0 Å². The number of nitrogens with zero attached hydrogens (tertiary/aromatic N) is 6. The Labute approximate surface area is 253 Å². The van der Waals surface area contributed by atoms with Crippen molar-refractivity contribution in [2.24, 2.45) is 0 Å².